The largest absolute Gasteiger partial charge is 0.311 e. The van der Waals surface area contributed by atoms with Crippen LogP contribution in [0.25, 0.3) is 0 Å². The van der Waals surface area contributed by atoms with E-state index in [1.54, 1.807) is 0 Å². The van der Waals surface area contributed by atoms with Gasteiger partial charge in [0.2, 0.25) is 0 Å². The predicted octanol–water partition coefficient (Wildman–Crippen LogP) is 2.74. The first-order chi connectivity index (χ1) is 9.20. The molecule has 1 aliphatic carbocycles. The van der Waals surface area contributed by atoms with Crippen LogP contribution in [0.3, 0.4) is 0 Å². The number of rotatable bonds is 3. The van der Waals surface area contributed by atoms with E-state index in [1.807, 2.05) is 0 Å². The maximum absolute atomic E-state index is 11.3. The lowest BCUT2D eigenvalue weighted by molar-refractivity contribution is 0.258. The molecule has 0 amide bonds. The van der Waals surface area contributed by atoms with E-state index in [1.165, 1.54) is 24.0 Å². The van der Waals surface area contributed by atoms with Crippen LogP contribution in [0.5, 0.6) is 0 Å². The van der Waals surface area contributed by atoms with E-state index in [0.717, 1.165) is 30.3 Å². The summed E-state index contributed by atoms with van der Waals surface area (Å²) in [6, 6.07) is 10.3. The average Bonchev–Trinajstić information content (AvgIpc) is 2.37. The zero-order valence-electron chi connectivity index (χ0n) is 11.6. The molecule has 19 heavy (non-hydrogen) atoms. The van der Waals surface area contributed by atoms with Crippen molar-refractivity contribution in [2.75, 3.05) is 11.5 Å². The monoisotopic (exact) mass is 277 g/mol. The number of benzene rings is 1. The van der Waals surface area contributed by atoms with Gasteiger partial charge in [0.1, 0.15) is 0 Å². The Bertz CT molecular complexity index is 440. The second-order valence-corrected chi connectivity index (χ2v) is 7.76. The Hall–Kier alpha value is -0.670. The van der Waals surface area contributed by atoms with Crippen LogP contribution in [0.4, 0.5) is 0 Å². The Morgan fingerprint density at radius 1 is 1.05 bits per heavy atom. The Morgan fingerprint density at radius 2 is 1.68 bits per heavy atom. The van der Waals surface area contributed by atoms with E-state index < -0.39 is 10.8 Å². The minimum Gasteiger partial charge on any atom is -0.311 e. The lowest BCUT2D eigenvalue weighted by Gasteiger charge is -2.39. The van der Waals surface area contributed by atoms with Gasteiger partial charge in [-0.05, 0) is 44.1 Å². The van der Waals surface area contributed by atoms with Crippen molar-refractivity contribution in [2.45, 2.75) is 50.6 Å². The molecule has 1 aromatic carbocycles. The summed E-state index contributed by atoms with van der Waals surface area (Å²) in [4.78, 5) is 0. The Kier molecular flexibility index (Phi) is 4.04. The summed E-state index contributed by atoms with van der Waals surface area (Å²) < 4.78 is 11.3. The number of hydrogen-bond acceptors (Lipinski definition) is 2. The van der Waals surface area contributed by atoms with Crippen molar-refractivity contribution in [3.63, 3.8) is 0 Å². The fourth-order valence-corrected chi connectivity index (χ4v) is 4.46. The van der Waals surface area contributed by atoms with Crippen molar-refractivity contribution in [3.05, 3.63) is 35.4 Å². The molecule has 1 saturated heterocycles. The van der Waals surface area contributed by atoms with E-state index >= 15 is 0 Å². The molecular formula is C16H23NOS. The lowest BCUT2D eigenvalue weighted by atomic mass is 9.75. The van der Waals surface area contributed by atoms with Crippen molar-refractivity contribution < 1.29 is 4.21 Å². The Morgan fingerprint density at radius 3 is 2.32 bits per heavy atom. The van der Waals surface area contributed by atoms with Crippen LogP contribution < -0.4 is 5.32 Å². The Labute approximate surface area is 118 Å². The summed E-state index contributed by atoms with van der Waals surface area (Å²) in [7, 11) is -0.539. The molecule has 2 fully saturated rings. The van der Waals surface area contributed by atoms with Crippen molar-refractivity contribution in [2.24, 2.45) is 0 Å². The third-order valence-electron chi connectivity index (χ3n) is 4.55. The minimum absolute atomic E-state index is 0.539. The van der Waals surface area contributed by atoms with Crippen LogP contribution in [-0.4, -0.2) is 27.8 Å². The molecule has 104 valence electrons. The molecule has 1 N–H and O–H groups in total. The van der Waals surface area contributed by atoms with E-state index in [9.17, 15) is 4.21 Å². The van der Waals surface area contributed by atoms with E-state index in [0.29, 0.717) is 12.1 Å². The van der Waals surface area contributed by atoms with Gasteiger partial charge < -0.3 is 5.32 Å². The first-order valence-electron chi connectivity index (χ1n) is 7.38. The zero-order valence-corrected chi connectivity index (χ0v) is 12.4. The normalized spacial score (nSPS) is 34.8. The standard InChI is InChI=1S/C16H23NOS/c1-12-2-4-13(5-3-12)14-10-16(11-14)17-15-6-8-19(18)9-7-15/h2-5,14-17H,6-11H2,1H3. The highest BCUT2D eigenvalue weighted by Gasteiger charge is 2.32. The summed E-state index contributed by atoms with van der Waals surface area (Å²) >= 11 is 0. The van der Waals surface area contributed by atoms with Gasteiger partial charge in [-0.15, -0.1) is 0 Å². The fourth-order valence-electron chi connectivity index (χ4n) is 3.16. The first kappa shape index (κ1) is 13.3. The summed E-state index contributed by atoms with van der Waals surface area (Å²) in [5.41, 5.74) is 2.83. The van der Waals surface area contributed by atoms with Crippen LogP contribution >= 0.6 is 0 Å². The van der Waals surface area contributed by atoms with Crippen molar-refractivity contribution in [3.8, 4) is 0 Å². The second-order valence-electron chi connectivity index (χ2n) is 6.06. The summed E-state index contributed by atoms with van der Waals surface area (Å²) in [6.45, 7) is 2.14. The van der Waals surface area contributed by atoms with Gasteiger partial charge in [-0.3, -0.25) is 4.21 Å². The van der Waals surface area contributed by atoms with Crippen LogP contribution in [-0.2, 0) is 10.8 Å². The molecule has 3 rings (SSSR count). The maximum Gasteiger partial charge on any atom is 0.0249 e. The number of nitrogens with one attached hydrogen (secondary N) is 1. The molecule has 0 atom stereocenters. The molecule has 1 aromatic rings. The molecular weight excluding hydrogens is 254 g/mol. The van der Waals surface area contributed by atoms with Crippen LogP contribution in [0.1, 0.15) is 42.7 Å². The minimum atomic E-state index is -0.539. The van der Waals surface area contributed by atoms with Gasteiger partial charge in [0, 0.05) is 34.4 Å². The van der Waals surface area contributed by atoms with Crippen molar-refractivity contribution >= 4 is 10.8 Å². The quantitative estimate of drug-likeness (QED) is 0.920. The SMILES string of the molecule is Cc1ccc(C2CC(NC3CCS(=O)CC3)C2)cc1. The molecule has 1 aliphatic heterocycles. The van der Waals surface area contributed by atoms with Crippen molar-refractivity contribution in [1.82, 2.24) is 5.32 Å². The molecule has 3 heteroatoms. The summed E-state index contributed by atoms with van der Waals surface area (Å²) in [5, 5.41) is 3.75. The highest BCUT2D eigenvalue weighted by molar-refractivity contribution is 7.85. The molecule has 0 bridgehead atoms. The molecule has 0 spiro atoms. The second kappa shape index (κ2) is 5.76. The predicted molar refractivity (Wildman–Crippen MR) is 81.0 cm³/mol. The average molecular weight is 277 g/mol. The highest BCUT2D eigenvalue weighted by atomic mass is 32.2. The van der Waals surface area contributed by atoms with Gasteiger partial charge >= 0.3 is 0 Å². The third-order valence-corrected chi connectivity index (χ3v) is 5.93. The summed E-state index contributed by atoms with van der Waals surface area (Å²) in [5.74, 6) is 2.54. The fraction of sp³-hybridized carbons (Fsp3) is 0.625. The Balaban J connectivity index is 1.45. The molecule has 0 radical (unpaired) electrons. The third kappa shape index (κ3) is 3.26. The van der Waals surface area contributed by atoms with E-state index in [-0.39, 0.29) is 0 Å². The summed E-state index contributed by atoms with van der Waals surface area (Å²) in [6.07, 6.45) is 4.72. The van der Waals surface area contributed by atoms with Crippen LogP contribution in [0.2, 0.25) is 0 Å². The van der Waals surface area contributed by atoms with Crippen molar-refractivity contribution in [1.29, 1.82) is 0 Å². The molecule has 0 aromatic heterocycles. The zero-order chi connectivity index (χ0) is 13.2. The topological polar surface area (TPSA) is 29.1 Å². The number of hydrogen-bond donors (Lipinski definition) is 1. The van der Waals surface area contributed by atoms with Crippen LogP contribution in [0, 0.1) is 6.92 Å². The molecule has 0 unspecified atom stereocenters. The lowest BCUT2D eigenvalue weighted by Crippen LogP contribution is -2.47. The van der Waals surface area contributed by atoms with Crippen LogP contribution in [0.15, 0.2) is 24.3 Å². The smallest absolute Gasteiger partial charge is 0.0249 e. The van der Waals surface area contributed by atoms with Gasteiger partial charge in [-0.25, -0.2) is 0 Å². The van der Waals surface area contributed by atoms with Gasteiger partial charge in [0.15, 0.2) is 0 Å². The molecule has 1 saturated carbocycles. The van der Waals surface area contributed by atoms with Gasteiger partial charge in [-0.1, -0.05) is 29.8 Å². The van der Waals surface area contributed by atoms with Gasteiger partial charge in [-0.2, -0.15) is 0 Å². The molecule has 1 heterocycles. The van der Waals surface area contributed by atoms with E-state index in [2.05, 4.69) is 36.5 Å². The number of aryl methyl sites for hydroxylation is 1. The highest BCUT2D eigenvalue weighted by Crippen LogP contribution is 2.37. The first-order valence-corrected chi connectivity index (χ1v) is 8.87. The van der Waals surface area contributed by atoms with E-state index in [4.69, 9.17) is 0 Å². The maximum atomic E-state index is 11.3. The molecule has 2 nitrogen and oxygen atoms in total. The van der Waals surface area contributed by atoms with Gasteiger partial charge in [0.25, 0.3) is 0 Å². The van der Waals surface area contributed by atoms with Gasteiger partial charge in [0.05, 0.1) is 0 Å². The molecule has 2 aliphatic rings.